The van der Waals surface area contributed by atoms with Crippen LogP contribution in [0.1, 0.15) is 55.3 Å². The van der Waals surface area contributed by atoms with Gasteiger partial charge in [0.2, 0.25) is 23.8 Å². The van der Waals surface area contributed by atoms with Crippen LogP contribution in [0.5, 0.6) is 0 Å². The highest BCUT2D eigenvalue weighted by Gasteiger charge is 2.20. The van der Waals surface area contributed by atoms with Crippen molar-refractivity contribution in [2.24, 2.45) is 0 Å². The van der Waals surface area contributed by atoms with Crippen LogP contribution in [0.2, 0.25) is 5.02 Å². The molecule has 2 saturated heterocycles. The zero-order chi connectivity index (χ0) is 26.3. The molecule has 0 saturated carbocycles. The van der Waals surface area contributed by atoms with E-state index in [0.29, 0.717) is 34.1 Å². The maximum atomic E-state index is 12.7. The highest BCUT2D eigenvalue weighted by molar-refractivity contribution is 6.31. The molecule has 0 radical (unpaired) electrons. The number of anilines is 5. The van der Waals surface area contributed by atoms with Gasteiger partial charge in [-0.3, -0.25) is 9.59 Å². The Morgan fingerprint density at radius 1 is 0.714 bits per heavy atom. The molecule has 1 amide bonds. The number of ketones is 1. The molecule has 3 heterocycles. The Hall–Kier alpha value is -3.88. The van der Waals surface area contributed by atoms with Crippen LogP contribution in [0, 0.1) is 0 Å². The topological polar surface area (TPSA) is 243 Å². The normalized spacial score (nSPS) is 14.2. The molecule has 1 aromatic heterocycles. The second kappa shape index (κ2) is 17.2. The predicted molar refractivity (Wildman–Crippen MR) is 171 cm³/mol. The van der Waals surface area contributed by atoms with Crippen LogP contribution in [0.4, 0.5) is 29.2 Å². The monoisotopic (exact) mass is 601 g/mol. The van der Waals surface area contributed by atoms with Gasteiger partial charge in [-0.15, -0.1) is 0 Å². The van der Waals surface area contributed by atoms with Crippen LogP contribution in [-0.2, 0) is 4.79 Å². The summed E-state index contributed by atoms with van der Waals surface area (Å²) in [5.74, 6) is 1.25. The van der Waals surface area contributed by atoms with Gasteiger partial charge in [-0.05, 0) is 81.0 Å². The molecule has 13 nitrogen and oxygen atoms in total. The molecule has 14 N–H and O–H groups in total. The molecule has 0 unspecified atom stereocenters. The zero-order valence-electron chi connectivity index (χ0n) is 24.2. The molecule has 230 valence electrons. The zero-order valence-corrected chi connectivity index (χ0v) is 24.9. The van der Waals surface area contributed by atoms with Gasteiger partial charge in [0.25, 0.3) is 0 Å². The molecule has 2 aromatic carbocycles. The number of nitrogens with zero attached hydrogens (tertiary/aromatic N) is 5. The van der Waals surface area contributed by atoms with E-state index in [1.54, 1.807) is 48.5 Å². The summed E-state index contributed by atoms with van der Waals surface area (Å²) in [4.78, 5) is 43.7. The molecule has 42 heavy (non-hydrogen) atoms. The summed E-state index contributed by atoms with van der Waals surface area (Å²) >= 11 is 5.96. The fourth-order valence-corrected chi connectivity index (χ4v) is 4.96. The Bertz CT molecular complexity index is 1240. The molecule has 2 fully saturated rings. The van der Waals surface area contributed by atoms with Crippen LogP contribution in [-0.4, -0.2) is 52.8 Å². The van der Waals surface area contributed by atoms with Crippen molar-refractivity contribution in [2.75, 3.05) is 46.6 Å². The van der Waals surface area contributed by atoms with E-state index in [1.807, 2.05) is 0 Å². The molecule has 5 rings (SSSR count). The number of carbonyl (C=O) groups is 2. The lowest BCUT2D eigenvalue weighted by atomic mass is 10.1. The van der Waals surface area contributed by atoms with E-state index < -0.39 is 0 Å². The first kappa shape index (κ1) is 36.1. The SMILES string of the molecule is N.N.N.N.O=C(CC(=O)c1ccc(Nc2nc(N3CCCCC3)nc(N3CCCCC3)n2)cc1)Nc1cccc(Cl)c1. The van der Waals surface area contributed by atoms with Crippen molar-refractivity contribution in [1.29, 1.82) is 0 Å². The van der Waals surface area contributed by atoms with E-state index in [-0.39, 0.29) is 42.7 Å². The van der Waals surface area contributed by atoms with Gasteiger partial charge >= 0.3 is 0 Å². The Morgan fingerprint density at radius 2 is 1.26 bits per heavy atom. The first-order valence-electron chi connectivity index (χ1n) is 13.3. The summed E-state index contributed by atoms with van der Waals surface area (Å²) in [7, 11) is 0. The van der Waals surface area contributed by atoms with Crippen molar-refractivity contribution in [3.05, 3.63) is 59.1 Å². The lowest BCUT2D eigenvalue weighted by Gasteiger charge is -2.30. The molecular weight excluding hydrogens is 558 g/mol. The Labute approximate surface area is 252 Å². The van der Waals surface area contributed by atoms with Crippen molar-refractivity contribution < 1.29 is 9.59 Å². The number of hydrogen-bond donors (Lipinski definition) is 6. The molecule has 2 aliphatic heterocycles. The third kappa shape index (κ3) is 9.60. The van der Waals surface area contributed by atoms with Gasteiger partial charge in [0, 0.05) is 48.1 Å². The number of aromatic nitrogens is 3. The average molecular weight is 602 g/mol. The number of carbonyl (C=O) groups excluding carboxylic acids is 2. The van der Waals surface area contributed by atoms with Crippen molar-refractivity contribution >= 4 is 52.5 Å². The third-order valence-electron chi connectivity index (χ3n) is 6.78. The minimum absolute atomic E-state index is 0. The van der Waals surface area contributed by atoms with Crippen LogP contribution < -0.4 is 45.0 Å². The number of Topliss-reactive ketones (excluding diaryl/α,β-unsaturated/α-hetero) is 1. The fraction of sp³-hybridized carbons (Fsp3) is 0.393. The number of amides is 1. The summed E-state index contributed by atoms with van der Waals surface area (Å²) in [6, 6.07) is 13.8. The average Bonchev–Trinajstić information content (AvgIpc) is 2.94. The Balaban J connectivity index is 0.00000220. The quantitative estimate of drug-likeness (QED) is 0.126. The van der Waals surface area contributed by atoms with E-state index in [0.717, 1.165) is 57.5 Å². The summed E-state index contributed by atoms with van der Waals surface area (Å²) in [5, 5.41) is 6.51. The lowest BCUT2D eigenvalue weighted by Crippen LogP contribution is -2.34. The third-order valence-corrected chi connectivity index (χ3v) is 7.02. The van der Waals surface area contributed by atoms with Crippen LogP contribution in [0.3, 0.4) is 0 Å². The Morgan fingerprint density at radius 3 is 1.79 bits per heavy atom. The lowest BCUT2D eigenvalue weighted by molar-refractivity contribution is -0.115. The van der Waals surface area contributed by atoms with E-state index >= 15 is 0 Å². The molecule has 0 bridgehead atoms. The minimum atomic E-state index is -0.389. The molecule has 0 atom stereocenters. The fourth-order valence-electron chi connectivity index (χ4n) is 4.77. The van der Waals surface area contributed by atoms with E-state index in [9.17, 15) is 9.59 Å². The molecule has 0 aliphatic carbocycles. The van der Waals surface area contributed by atoms with Crippen molar-refractivity contribution in [3.63, 3.8) is 0 Å². The van der Waals surface area contributed by atoms with E-state index in [1.165, 1.54) is 12.8 Å². The summed E-state index contributed by atoms with van der Waals surface area (Å²) < 4.78 is 0. The van der Waals surface area contributed by atoms with Gasteiger partial charge in [0.15, 0.2) is 5.78 Å². The standard InChI is InChI=1S/C28H32ClN7O2.4H3N/c29-21-8-7-9-23(18-21)30-25(38)19-24(37)20-10-12-22(13-11-20)31-26-32-27(35-14-3-1-4-15-35)34-28(33-26)36-16-5-2-6-17-36;;;;/h7-13,18H,1-6,14-17,19H2,(H,30,38)(H,31,32,33,34);4*1H3. The number of nitrogens with one attached hydrogen (secondary N) is 2. The second-order valence-electron chi connectivity index (χ2n) is 9.72. The van der Waals surface area contributed by atoms with Crippen LogP contribution >= 0.6 is 11.6 Å². The maximum absolute atomic E-state index is 12.7. The smallest absolute Gasteiger partial charge is 0.233 e. The summed E-state index contributed by atoms with van der Waals surface area (Å²) in [6.45, 7) is 3.80. The van der Waals surface area contributed by atoms with Gasteiger partial charge in [-0.1, -0.05) is 17.7 Å². The van der Waals surface area contributed by atoms with Gasteiger partial charge in [0.05, 0.1) is 6.42 Å². The van der Waals surface area contributed by atoms with Crippen molar-refractivity contribution in [1.82, 2.24) is 39.6 Å². The highest BCUT2D eigenvalue weighted by Crippen LogP contribution is 2.24. The molecule has 0 spiro atoms. The van der Waals surface area contributed by atoms with Gasteiger partial charge < -0.3 is 45.0 Å². The number of rotatable bonds is 8. The minimum Gasteiger partial charge on any atom is -0.344 e. The molecular formula is C28H44ClN11O2. The molecule has 2 aliphatic rings. The van der Waals surface area contributed by atoms with E-state index in [4.69, 9.17) is 26.6 Å². The van der Waals surface area contributed by atoms with Gasteiger partial charge in [-0.25, -0.2) is 0 Å². The number of piperidine rings is 2. The van der Waals surface area contributed by atoms with Crippen molar-refractivity contribution in [3.8, 4) is 0 Å². The number of halogens is 1. The Kier molecular flexibility index (Phi) is 14.8. The van der Waals surface area contributed by atoms with E-state index in [2.05, 4.69) is 20.4 Å². The molecule has 3 aromatic rings. The maximum Gasteiger partial charge on any atom is 0.233 e. The summed E-state index contributed by atoms with van der Waals surface area (Å²) in [5.41, 5.74) is 1.76. The van der Waals surface area contributed by atoms with Crippen LogP contribution in [0.15, 0.2) is 48.5 Å². The second-order valence-corrected chi connectivity index (χ2v) is 10.2. The van der Waals surface area contributed by atoms with Gasteiger partial charge in [-0.2, -0.15) is 15.0 Å². The number of benzene rings is 2. The highest BCUT2D eigenvalue weighted by atomic mass is 35.5. The first-order valence-corrected chi connectivity index (χ1v) is 13.6. The largest absolute Gasteiger partial charge is 0.344 e. The van der Waals surface area contributed by atoms with Crippen LogP contribution in [0.25, 0.3) is 0 Å². The van der Waals surface area contributed by atoms with Gasteiger partial charge in [0.1, 0.15) is 0 Å². The predicted octanol–water partition coefficient (Wildman–Crippen LogP) is 6.11. The summed E-state index contributed by atoms with van der Waals surface area (Å²) in [6.07, 6.45) is 6.77. The number of hydrogen-bond acceptors (Lipinski definition) is 12. The first-order chi connectivity index (χ1) is 18.5. The molecule has 14 heteroatoms. The van der Waals surface area contributed by atoms with Crippen molar-refractivity contribution in [2.45, 2.75) is 44.9 Å².